The molecule has 2 fully saturated rings. The van der Waals surface area contributed by atoms with Crippen LogP contribution in [0.5, 0.6) is 0 Å². The predicted molar refractivity (Wildman–Crippen MR) is 70.7 cm³/mol. The minimum Gasteiger partial charge on any atom is -0.389 e. The second-order valence-electron chi connectivity index (χ2n) is 5.64. The van der Waals surface area contributed by atoms with Crippen LogP contribution >= 0.6 is 0 Å². The molecule has 1 aliphatic carbocycles. The van der Waals surface area contributed by atoms with E-state index in [0.29, 0.717) is 18.8 Å². The van der Waals surface area contributed by atoms with E-state index in [2.05, 4.69) is 4.90 Å². The molecule has 0 aromatic rings. The molecule has 0 aromatic heterocycles. The Balaban J connectivity index is 1.84. The van der Waals surface area contributed by atoms with Gasteiger partial charge in [-0.25, -0.2) is 0 Å². The highest BCUT2D eigenvalue weighted by Crippen LogP contribution is 2.25. The highest BCUT2D eigenvalue weighted by molar-refractivity contribution is 4.82. The largest absolute Gasteiger partial charge is 0.389 e. The minimum absolute atomic E-state index is 0.375. The van der Waals surface area contributed by atoms with Gasteiger partial charge in [0.1, 0.15) is 0 Å². The number of nitrogens with zero attached hydrogens (tertiary/aromatic N) is 1. The lowest BCUT2D eigenvalue weighted by molar-refractivity contribution is 0.00457. The van der Waals surface area contributed by atoms with Gasteiger partial charge in [0.25, 0.3) is 0 Å². The van der Waals surface area contributed by atoms with Crippen molar-refractivity contribution < 1.29 is 14.6 Å². The zero-order valence-corrected chi connectivity index (χ0v) is 11.5. The second kappa shape index (κ2) is 7.43. The van der Waals surface area contributed by atoms with E-state index in [1.54, 1.807) is 7.11 Å². The lowest BCUT2D eigenvalue weighted by Gasteiger charge is -2.32. The van der Waals surface area contributed by atoms with Gasteiger partial charge in [-0.05, 0) is 25.7 Å². The van der Waals surface area contributed by atoms with Gasteiger partial charge in [-0.1, -0.05) is 12.8 Å². The molecule has 0 spiro atoms. The fourth-order valence-corrected chi connectivity index (χ4v) is 3.21. The van der Waals surface area contributed by atoms with E-state index < -0.39 is 0 Å². The number of hydrogen-bond acceptors (Lipinski definition) is 4. The van der Waals surface area contributed by atoms with Gasteiger partial charge in [0.2, 0.25) is 0 Å². The number of methoxy groups -OCH3 is 1. The lowest BCUT2D eigenvalue weighted by atomic mass is 10.1. The molecule has 0 bridgehead atoms. The number of rotatable bonds is 7. The first kappa shape index (κ1) is 14.3. The van der Waals surface area contributed by atoms with Crippen LogP contribution in [0.2, 0.25) is 0 Å². The molecule has 18 heavy (non-hydrogen) atoms. The predicted octanol–water partition coefficient (Wildman–Crippen LogP) is 1.42. The monoisotopic (exact) mass is 257 g/mol. The molecule has 1 aliphatic heterocycles. The fraction of sp³-hybridized carbons (Fsp3) is 1.00. The van der Waals surface area contributed by atoms with Gasteiger partial charge in [-0.3, -0.25) is 4.90 Å². The van der Waals surface area contributed by atoms with E-state index >= 15 is 0 Å². The summed E-state index contributed by atoms with van der Waals surface area (Å²) >= 11 is 0. The molecular weight excluding hydrogens is 230 g/mol. The molecule has 4 nitrogen and oxygen atoms in total. The van der Waals surface area contributed by atoms with E-state index in [0.717, 1.165) is 19.7 Å². The molecule has 2 rings (SSSR count). The Bertz CT molecular complexity index is 225. The highest BCUT2D eigenvalue weighted by Gasteiger charge is 2.28. The first-order valence-electron chi connectivity index (χ1n) is 7.32. The van der Waals surface area contributed by atoms with Crippen molar-refractivity contribution in [2.24, 2.45) is 0 Å². The third-order valence-corrected chi connectivity index (χ3v) is 4.11. The van der Waals surface area contributed by atoms with E-state index in [9.17, 15) is 5.11 Å². The van der Waals surface area contributed by atoms with Crippen molar-refractivity contribution in [1.29, 1.82) is 0 Å². The summed E-state index contributed by atoms with van der Waals surface area (Å²) in [7, 11) is 1.64. The van der Waals surface area contributed by atoms with Gasteiger partial charge in [0, 0.05) is 32.8 Å². The van der Waals surface area contributed by atoms with Crippen molar-refractivity contribution in [2.75, 3.05) is 33.4 Å². The first-order chi connectivity index (χ1) is 8.79. The van der Waals surface area contributed by atoms with Crippen LogP contribution in [0.3, 0.4) is 0 Å². The van der Waals surface area contributed by atoms with Crippen LogP contribution in [0.15, 0.2) is 0 Å². The second-order valence-corrected chi connectivity index (χ2v) is 5.64. The number of aliphatic hydroxyl groups is 1. The number of hydrogen-bond donors (Lipinski definition) is 1. The minimum atomic E-state index is -0.378. The molecule has 0 unspecified atom stereocenters. The summed E-state index contributed by atoms with van der Waals surface area (Å²) in [5.74, 6) is 0. The molecule has 1 N–H and O–H groups in total. The maximum atomic E-state index is 9.95. The van der Waals surface area contributed by atoms with Crippen LogP contribution in [0, 0.1) is 0 Å². The molecule has 2 atom stereocenters. The molecule has 0 aromatic carbocycles. The van der Waals surface area contributed by atoms with Gasteiger partial charge < -0.3 is 14.6 Å². The van der Waals surface area contributed by atoms with Crippen molar-refractivity contribution in [3.63, 3.8) is 0 Å². The van der Waals surface area contributed by atoms with Gasteiger partial charge >= 0.3 is 0 Å². The average Bonchev–Trinajstić information content (AvgIpc) is 3.01. The molecule has 1 heterocycles. The third kappa shape index (κ3) is 4.19. The van der Waals surface area contributed by atoms with Crippen molar-refractivity contribution >= 4 is 0 Å². The summed E-state index contributed by atoms with van der Waals surface area (Å²) in [4.78, 5) is 2.44. The van der Waals surface area contributed by atoms with E-state index in [1.165, 1.54) is 38.5 Å². The molecule has 1 saturated heterocycles. The van der Waals surface area contributed by atoms with Crippen molar-refractivity contribution in [2.45, 2.75) is 56.8 Å². The van der Waals surface area contributed by atoms with Crippen molar-refractivity contribution in [1.82, 2.24) is 4.90 Å². The number of ether oxygens (including phenoxy) is 2. The summed E-state index contributed by atoms with van der Waals surface area (Å²) in [5, 5.41) is 9.95. The maximum Gasteiger partial charge on any atom is 0.0900 e. The van der Waals surface area contributed by atoms with E-state index in [1.807, 2.05) is 0 Å². The Labute approximate surface area is 110 Å². The SMILES string of the molecule is COC[C@@H](O)CN(C[C@H]1CCCO1)C1CCCC1. The Morgan fingerprint density at radius 2 is 2.06 bits per heavy atom. The summed E-state index contributed by atoms with van der Waals surface area (Å²) in [6, 6.07) is 0.640. The van der Waals surface area contributed by atoms with Gasteiger partial charge in [0.15, 0.2) is 0 Å². The van der Waals surface area contributed by atoms with Crippen LogP contribution in [0.4, 0.5) is 0 Å². The summed E-state index contributed by atoms with van der Waals surface area (Å²) in [6.07, 6.45) is 7.55. The first-order valence-corrected chi connectivity index (χ1v) is 7.32. The van der Waals surface area contributed by atoms with E-state index in [-0.39, 0.29) is 6.10 Å². The third-order valence-electron chi connectivity index (χ3n) is 4.11. The van der Waals surface area contributed by atoms with E-state index in [4.69, 9.17) is 9.47 Å². The molecule has 0 radical (unpaired) electrons. The van der Waals surface area contributed by atoms with Crippen LogP contribution in [0.25, 0.3) is 0 Å². The highest BCUT2D eigenvalue weighted by atomic mass is 16.5. The molecule has 4 heteroatoms. The molecule has 106 valence electrons. The van der Waals surface area contributed by atoms with Gasteiger partial charge in [0.05, 0.1) is 18.8 Å². The summed E-state index contributed by atoms with van der Waals surface area (Å²) in [6.45, 7) is 3.03. The quantitative estimate of drug-likeness (QED) is 0.749. The fourth-order valence-electron chi connectivity index (χ4n) is 3.21. The Kier molecular flexibility index (Phi) is 5.89. The average molecular weight is 257 g/mol. The van der Waals surface area contributed by atoms with Crippen molar-refractivity contribution in [3.8, 4) is 0 Å². The molecule has 1 saturated carbocycles. The lowest BCUT2D eigenvalue weighted by Crippen LogP contribution is -2.44. The van der Waals surface area contributed by atoms with Crippen LogP contribution in [-0.2, 0) is 9.47 Å². The topological polar surface area (TPSA) is 41.9 Å². The van der Waals surface area contributed by atoms with Gasteiger partial charge in [-0.15, -0.1) is 0 Å². The standard InChI is InChI=1S/C14H27NO3/c1-17-11-13(16)9-15(12-5-2-3-6-12)10-14-7-4-8-18-14/h12-14,16H,2-11H2,1H3/t13-,14+/m0/s1. The van der Waals surface area contributed by atoms with Crippen LogP contribution in [0.1, 0.15) is 38.5 Å². The smallest absolute Gasteiger partial charge is 0.0900 e. The van der Waals surface area contributed by atoms with Gasteiger partial charge in [-0.2, -0.15) is 0 Å². The molecule has 0 amide bonds. The Morgan fingerprint density at radius 3 is 2.67 bits per heavy atom. The number of aliphatic hydroxyl groups excluding tert-OH is 1. The maximum absolute atomic E-state index is 9.95. The zero-order valence-electron chi connectivity index (χ0n) is 11.5. The van der Waals surface area contributed by atoms with Crippen molar-refractivity contribution in [3.05, 3.63) is 0 Å². The summed E-state index contributed by atoms with van der Waals surface area (Å²) < 4.78 is 10.8. The van der Waals surface area contributed by atoms with Crippen LogP contribution in [-0.4, -0.2) is 61.7 Å². The van der Waals surface area contributed by atoms with Crippen LogP contribution < -0.4 is 0 Å². The zero-order chi connectivity index (χ0) is 12.8. The molecule has 2 aliphatic rings. The normalized spacial score (nSPS) is 27.2. The summed E-state index contributed by atoms with van der Waals surface area (Å²) in [5.41, 5.74) is 0. The molecular formula is C14H27NO3. The Hall–Kier alpha value is -0.160. The Morgan fingerprint density at radius 1 is 1.28 bits per heavy atom.